The largest absolute Gasteiger partial charge is 0.0622 e. The minimum Gasteiger partial charge on any atom is -0.0622 e. The lowest BCUT2D eigenvalue weighted by Crippen LogP contribution is -1.91. The second-order valence-electron chi connectivity index (χ2n) is 12.1. The van der Waals surface area contributed by atoms with Crippen molar-refractivity contribution in [3.05, 3.63) is 182 Å². The minimum atomic E-state index is 1.24. The second-order valence-corrected chi connectivity index (χ2v) is 12.1. The van der Waals surface area contributed by atoms with Crippen molar-refractivity contribution in [1.29, 1.82) is 0 Å². The predicted molar refractivity (Wildman–Crippen MR) is 198 cm³/mol. The molecule has 0 heteroatoms. The Balaban J connectivity index is 1.21. The third kappa shape index (κ3) is 4.30. The van der Waals surface area contributed by atoms with Gasteiger partial charge in [-0.05, 0) is 99.7 Å². The lowest BCUT2D eigenvalue weighted by molar-refractivity contribution is 1.63. The van der Waals surface area contributed by atoms with Crippen LogP contribution < -0.4 is 0 Å². The highest BCUT2D eigenvalue weighted by molar-refractivity contribution is 6.21. The molecule has 9 aromatic rings. The molecule has 9 aromatic carbocycles. The van der Waals surface area contributed by atoms with Gasteiger partial charge in [0.05, 0.1) is 0 Å². The molecule has 0 aliphatic carbocycles. The van der Waals surface area contributed by atoms with Crippen LogP contribution in [-0.4, -0.2) is 0 Å². The molecular formula is C46H30. The molecule has 0 saturated carbocycles. The SMILES string of the molecule is c1ccc(-c2ccc(-c3ccc4cc(-c5c6ccccc6c(-c6ccccc6)c6ccccc56)ccc4c3)c3ccccc23)cc1. The third-order valence-electron chi connectivity index (χ3n) is 9.44. The molecule has 0 unspecified atom stereocenters. The molecule has 0 atom stereocenters. The highest BCUT2D eigenvalue weighted by Crippen LogP contribution is 2.44. The Morgan fingerprint density at radius 1 is 0.217 bits per heavy atom. The maximum atomic E-state index is 2.37. The number of benzene rings is 9. The average Bonchev–Trinajstić information content (AvgIpc) is 3.13. The van der Waals surface area contributed by atoms with Gasteiger partial charge in [-0.3, -0.25) is 0 Å². The third-order valence-corrected chi connectivity index (χ3v) is 9.44. The van der Waals surface area contributed by atoms with Crippen molar-refractivity contribution in [3.8, 4) is 44.5 Å². The number of hydrogen-bond donors (Lipinski definition) is 0. The van der Waals surface area contributed by atoms with Crippen LogP contribution in [-0.2, 0) is 0 Å². The fourth-order valence-electron chi connectivity index (χ4n) is 7.34. The molecule has 0 heterocycles. The first-order chi connectivity index (χ1) is 22.8. The van der Waals surface area contributed by atoms with E-state index in [0.717, 1.165) is 0 Å². The smallest absolute Gasteiger partial charge is 0.00262 e. The zero-order valence-corrected chi connectivity index (χ0v) is 25.3. The van der Waals surface area contributed by atoms with Gasteiger partial charge in [-0.15, -0.1) is 0 Å². The van der Waals surface area contributed by atoms with Crippen molar-refractivity contribution in [2.75, 3.05) is 0 Å². The first-order valence-electron chi connectivity index (χ1n) is 15.9. The van der Waals surface area contributed by atoms with Crippen molar-refractivity contribution >= 4 is 43.1 Å². The summed E-state index contributed by atoms with van der Waals surface area (Å²) in [5.41, 5.74) is 10.1. The molecule has 0 spiro atoms. The second kappa shape index (κ2) is 10.9. The van der Waals surface area contributed by atoms with Crippen LogP contribution in [0.5, 0.6) is 0 Å². The van der Waals surface area contributed by atoms with Crippen molar-refractivity contribution in [2.45, 2.75) is 0 Å². The molecule has 0 nitrogen and oxygen atoms in total. The normalized spacial score (nSPS) is 11.5. The van der Waals surface area contributed by atoms with Gasteiger partial charge < -0.3 is 0 Å². The molecular weight excluding hydrogens is 553 g/mol. The molecule has 0 N–H and O–H groups in total. The molecule has 46 heavy (non-hydrogen) atoms. The maximum Gasteiger partial charge on any atom is -0.00262 e. The summed E-state index contributed by atoms with van der Waals surface area (Å²) in [6.45, 7) is 0. The Kier molecular flexibility index (Phi) is 6.25. The minimum absolute atomic E-state index is 1.24. The van der Waals surface area contributed by atoms with E-state index in [1.807, 2.05) is 0 Å². The van der Waals surface area contributed by atoms with Crippen LogP contribution in [0.1, 0.15) is 0 Å². The van der Waals surface area contributed by atoms with Gasteiger partial charge >= 0.3 is 0 Å². The summed E-state index contributed by atoms with van der Waals surface area (Å²) >= 11 is 0. The van der Waals surface area contributed by atoms with Gasteiger partial charge in [-0.2, -0.15) is 0 Å². The van der Waals surface area contributed by atoms with Crippen molar-refractivity contribution < 1.29 is 0 Å². The molecule has 214 valence electrons. The van der Waals surface area contributed by atoms with E-state index in [1.54, 1.807) is 0 Å². The van der Waals surface area contributed by atoms with E-state index in [9.17, 15) is 0 Å². The fraction of sp³-hybridized carbons (Fsp3) is 0. The van der Waals surface area contributed by atoms with E-state index in [0.29, 0.717) is 0 Å². The van der Waals surface area contributed by atoms with Crippen LogP contribution in [0.15, 0.2) is 182 Å². The summed E-state index contributed by atoms with van der Waals surface area (Å²) in [4.78, 5) is 0. The van der Waals surface area contributed by atoms with Crippen LogP contribution in [0.4, 0.5) is 0 Å². The zero-order chi connectivity index (χ0) is 30.5. The molecule has 0 saturated heterocycles. The molecule has 0 radical (unpaired) electrons. The Morgan fingerprint density at radius 3 is 1.11 bits per heavy atom. The Hall–Kier alpha value is -5.98. The van der Waals surface area contributed by atoms with Crippen molar-refractivity contribution in [2.24, 2.45) is 0 Å². The van der Waals surface area contributed by atoms with Gasteiger partial charge in [0.2, 0.25) is 0 Å². The topological polar surface area (TPSA) is 0 Å². The van der Waals surface area contributed by atoms with Gasteiger partial charge in [0.25, 0.3) is 0 Å². The monoisotopic (exact) mass is 582 g/mol. The molecule has 0 aromatic heterocycles. The summed E-state index contributed by atoms with van der Waals surface area (Å²) < 4.78 is 0. The zero-order valence-electron chi connectivity index (χ0n) is 25.3. The standard InChI is InChI=1S/C46H30/c1-3-13-31(14-4-1)37-27-28-38(40-18-8-7-17-39(37)40)35-25-23-34-30-36(26-24-33(34)29-35)46-43-21-11-9-19-41(43)45(32-15-5-2-6-16-32)42-20-10-12-22-44(42)46/h1-30H. The molecule has 9 rings (SSSR count). The van der Waals surface area contributed by atoms with E-state index in [2.05, 4.69) is 182 Å². The van der Waals surface area contributed by atoms with Gasteiger partial charge in [0.1, 0.15) is 0 Å². The van der Waals surface area contributed by atoms with Crippen LogP contribution in [0.3, 0.4) is 0 Å². The maximum absolute atomic E-state index is 2.37. The van der Waals surface area contributed by atoms with E-state index < -0.39 is 0 Å². The van der Waals surface area contributed by atoms with Gasteiger partial charge in [-0.1, -0.05) is 170 Å². The molecule has 0 bridgehead atoms. The number of fused-ring (bicyclic) bond motifs is 4. The Labute approximate surface area is 268 Å². The Morgan fingerprint density at radius 2 is 0.587 bits per heavy atom. The van der Waals surface area contributed by atoms with E-state index in [4.69, 9.17) is 0 Å². The first-order valence-corrected chi connectivity index (χ1v) is 15.9. The van der Waals surface area contributed by atoms with Gasteiger partial charge in [0, 0.05) is 0 Å². The van der Waals surface area contributed by atoms with Crippen molar-refractivity contribution in [1.82, 2.24) is 0 Å². The highest BCUT2D eigenvalue weighted by atomic mass is 14.2. The van der Waals surface area contributed by atoms with E-state index >= 15 is 0 Å². The molecule has 0 amide bonds. The Bertz CT molecular complexity index is 2500. The summed E-state index contributed by atoms with van der Waals surface area (Å²) in [7, 11) is 0. The lowest BCUT2D eigenvalue weighted by atomic mass is 9.85. The fourth-order valence-corrected chi connectivity index (χ4v) is 7.34. The van der Waals surface area contributed by atoms with Crippen LogP contribution in [0.2, 0.25) is 0 Å². The average molecular weight is 583 g/mol. The van der Waals surface area contributed by atoms with Crippen LogP contribution >= 0.6 is 0 Å². The highest BCUT2D eigenvalue weighted by Gasteiger charge is 2.17. The summed E-state index contributed by atoms with van der Waals surface area (Å²) in [5.74, 6) is 0. The first kappa shape index (κ1) is 26.4. The quantitative estimate of drug-likeness (QED) is 0.181. The van der Waals surface area contributed by atoms with Crippen molar-refractivity contribution in [3.63, 3.8) is 0 Å². The predicted octanol–water partition coefficient (Wildman–Crippen LogP) is 13.0. The lowest BCUT2D eigenvalue weighted by Gasteiger charge is -2.18. The summed E-state index contributed by atoms with van der Waals surface area (Å²) in [6, 6.07) is 66.4. The van der Waals surface area contributed by atoms with Crippen LogP contribution in [0, 0.1) is 0 Å². The summed E-state index contributed by atoms with van der Waals surface area (Å²) in [5, 5.41) is 10.2. The van der Waals surface area contributed by atoms with Crippen LogP contribution in [0.25, 0.3) is 87.6 Å². The molecule has 0 aliphatic rings. The number of rotatable bonds is 4. The summed E-state index contributed by atoms with van der Waals surface area (Å²) in [6.07, 6.45) is 0. The molecule has 0 fully saturated rings. The van der Waals surface area contributed by atoms with Gasteiger partial charge in [0.15, 0.2) is 0 Å². The number of hydrogen-bond acceptors (Lipinski definition) is 0. The van der Waals surface area contributed by atoms with Gasteiger partial charge in [-0.25, -0.2) is 0 Å². The molecule has 0 aliphatic heterocycles. The van der Waals surface area contributed by atoms with E-state index in [1.165, 1.54) is 87.6 Å². The van der Waals surface area contributed by atoms with E-state index in [-0.39, 0.29) is 0 Å².